The number of hydrogen-bond acceptors (Lipinski definition) is 7. The smallest absolute Gasteiger partial charge is 0.180 e. The molecule has 0 aliphatic carbocycles. The fraction of sp³-hybridized carbons (Fsp3) is 0.478. The summed E-state index contributed by atoms with van der Waals surface area (Å²) in [5, 5.41) is 41.0. The fourth-order valence-corrected chi connectivity index (χ4v) is 4.33. The van der Waals surface area contributed by atoms with Crippen LogP contribution in [0, 0.1) is 0 Å². The van der Waals surface area contributed by atoms with Crippen LogP contribution in [0.3, 0.4) is 0 Å². The summed E-state index contributed by atoms with van der Waals surface area (Å²) in [4.78, 5) is 0. The highest BCUT2D eigenvalue weighted by Gasteiger charge is 2.45. The molecule has 4 rings (SSSR count). The van der Waals surface area contributed by atoms with Crippen LogP contribution in [0.25, 0.3) is 0 Å². The summed E-state index contributed by atoms with van der Waals surface area (Å²) in [7, 11) is 0. The second-order valence-corrected chi connectivity index (χ2v) is 8.27. The molecule has 0 radical (unpaired) electrons. The lowest BCUT2D eigenvalue weighted by Gasteiger charge is -2.41. The molecular formula is C23H27ClO7. The maximum atomic E-state index is 10.6. The van der Waals surface area contributed by atoms with Gasteiger partial charge in [-0.3, -0.25) is 0 Å². The number of hydrogen-bond donors (Lipinski definition) is 4. The van der Waals surface area contributed by atoms with Gasteiger partial charge in [0.25, 0.3) is 0 Å². The van der Waals surface area contributed by atoms with Gasteiger partial charge in [0, 0.05) is 5.56 Å². The SMILES string of the molecule is CCc1ccc(Cc2cc([C@H]3O[C@@H](CO)[C@H](O)[C@@H](O)[C@@H]3O)c3c(c2Cl)OCCO3)cc1. The van der Waals surface area contributed by atoms with E-state index in [9.17, 15) is 20.4 Å². The highest BCUT2D eigenvalue weighted by atomic mass is 35.5. The highest BCUT2D eigenvalue weighted by molar-refractivity contribution is 6.33. The Balaban J connectivity index is 1.75. The molecule has 0 unspecified atom stereocenters. The molecule has 7 nitrogen and oxygen atoms in total. The van der Waals surface area contributed by atoms with E-state index in [1.807, 2.05) is 12.1 Å². The summed E-state index contributed by atoms with van der Waals surface area (Å²) in [6, 6.07) is 9.99. The molecule has 2 aromatic carbocycles. The lowest BCUT2D eigenvalue weighted by atomic mass is 9.89. The lowest BCUT2D eigenvalue weighted by Crippen LogP contribution is -2.55. The van der Waals surface area contributed by atoms with Gasteiger partial charge in [-0.15, -0.1) is 0 Å². The number of benzene rings is 2. The van der Waals surface area contributed by atoms with Crippen LogP contribution in [0.1, 0.15) is 35.3 Å². The summed E-state index contributed by atoms with van der Waals surface area (Å²) in [6.45, 7) is 2.21. The Bertz CT molecular complexity index is 915. The lowest BCUT2D eigenvalue weighted by molar-refractivity contribution is -0.232. The van der Waals surface area contributed by atoms with E-state index in [1.165, 1.54) is 5.56 Å². The monoisotopic (exact) mass is 450 g/mol. The minimum atomic E-state index is -1.49. The summed E-state index contributed by atoms with van der Waals surface area (Å²) < 4.78 is 17.3. The van der Waals surface area contributed by atoms with Gasteiger partial charge in [0.15, 0.2) is 11.5 Å². The Morgan fingerprint density at radius 2 is 1.58 bits per heavy atom. The molecule has 1 fully saturated rings. The maximum Gasteiger partial charge on any atom is 0.180 e. The van der Waals surface area contributed by atoms with Crippen LogP contribution < -0.4 is 9.47 Å². The van der Waals surface area contributed by atoms with Crippen LogP contribution in [-0.2, 0) is 17.6 Å². The molecule has 2 aromatic rings. The molecular weight excluding hydrogens is 424 g/mol. The van der Waals surface area contributed by atoms with Gasteiger partial charge in [0.2, 0.25) is 0 Å². The molecule has 0 amide bonds. The van der Waals surface area contributed by atoms with Crippen molar-refractivity contribution < 1.29 is 34.6 Å². The molecule has 2 aliphatic heterocycles. The summed E-state index contributed by atoms with van der Waals surface area (Å²) >= 11 is 6.65. The number of aliphatic hydroxyl groups excluding tert-OH is 4. The van der Waals surface area contributed by atoms with E-state index in [1.54, 1.807) is 6.07 Å². The molecule has 0 bridgehead atoms. The summed E-state index contributed by atoms with van der Waals surface area (Å²) in [6.07, 6.45) is -4.94. The van der Waals surface area contributed by atoms with E-state index in [0.29, 0.717) is 41.7 Å². The van der Waals surface area contributed by atoms with Crippen molar-refractivity contribution in [3.8, 4) is 11.5 Å². The van der Waals surface area contributed by atoms with E-state index in [0.717, 1.165) is 17.5 Å². The van der Waals surface area contributed by atoms with Gasteiger partial charge < -0.3 is 34.6 Å². The summed E-state index contributed by atoms with van der Waals surface area (Å²) in [5.41, 5.74) is 3.49. The molecule has 8 heteroatoms. The van der Waals surface area contributed by atoms with Gasteiger partial charge in [-0.2, -0.15) is 0 Å². The Hall–Kier alpha value is -1.87. The molecule has 4 N–H and O–H groups in total. The Morgan fingerprint density at radius 1 is 0.935 bits per heavy atom. The zero-order chi connectivity index (χ0) is 22.1. The number of aliphatic hydroxyl groups is 4. The molecule has 2 heterocycles. The van der Waals surface area contributed by atoms with Crippen molar-refractivity contribution in [3.63, 3.8) is 0 Å². The number of rotatable bonds is 5. The van der Waals surface area contributed by atoms with Crippen LogP contribution in [0.2, 0.25) is 5.02 Å². The molecule has 0 spiro atoms. The highest BCUT2D eigenvalue weighted by Crippen LogP contribution is 2.48. The predicted octanol–water partition coefficient (Wildman–Crippen LogP) is 1.78. The Morgan fingerprint density at radius 3 is 2.23 bits per heavy atom. The fourth-order valence-electron chi connectivity index (χ4n) is 4.07. The third-order valence-corrected chi connectivity index (χ3v) is 6.29. The number of ether oxygens (including phenoxy) is 3. The van der Waals surface area contributed by atoms with E-state index >= 15 is 0 Å². The van der Waals surface area contributed by atoms with Gasteiger partial charge in [-0.05, 0) is 35.6 Å². The van der Waals surface area contributed by atoms with Crippen molar-refractivity contribution in [1.82, 2.24) is 0 Å². The van der Waals surface area contributed by atoms with E-state index < -0.39 is 37.1 Å². The van der Waals surface area contributed by atoms with Crippen molar-refractivity contribution in [2.45, 2.75) is 50.3 Å². The third-order valence-electron chi connectivity index (χ3n) is 5.88. The van der Waals surface area contributed by atoms with Crippen LogP contribution >= 0.6 is 11.6 Å². The first-order valence-corrected chi connectivity index (χ1v) is 10.8. The van der Waals surface area contributed by atoms with Crippen LogP contribution in [-0.4, -0.2) is 64.7 Å². The topological polar surface area (TPSA) is 109 Å². The zero-order valence-corrected chi connectivity index (χ0v) is 18.0. The first-order valence-electron chi connectivity index (χ1n) is 10.4. The van der Waals surface area contributed by atoms with Crippen molar-refractivity contribution in [2.24, 2.45) is 0 Å². The van der Waals surface area contributed by atoms with Crippen molar-refractivity contribution in [1.29, 1.82) is 0 Å². The zero-order valence-electron chi connectivity index (χ0n) is 17.2. The number of halogens is 1. The molecule has 0 saturated carbocycles. The summed E-state index contributed by atoms with van der Waals surface area (Å²) in [5.74, 6) is 0.702. The Labute approximate surface area is 185 Å². The van der Waals surface area contributed by atoms with E-state index in [4.69, 9.17) is 25.8 Å². The van der Waals surface area contributed by atoms with Crippen molar-refractivity contribution in [3.05, 3.63) is 57.6 Å². The predicted molar refractivity (Wildman–Crippen MR) is 114 cm³/mol. The van der Waals surface area contributed by atoms with Gasteiger partial charge in [0.1, 0.15) is 43.7 Å². The second kappa shape index (κ2) is 9.32. The van der Waals surface area contributed by atoms with E-state index in [-0.39, 0.29) is 0 Å². The average molecular weight is 451 g/mol. The van der Waals surface area contributed by atoms with Gasteiger partial charge in [-0.25, -0.2) is 0 Å². The molecule has 1 saturated heterocycles. The largest absolute Gasteiger partial charge is 0.486 e. The molecule has 2 aliphatic rings. The van der Waals surface area contributed by atoms with Gasteiger partial charge >= 0.3 is 0 Å². The van der Waals surface area contributed by atoms with Crippen molar-refractivity contribution in [2.75, 3.05) is 19.8 Å². The maximum absolute atomic E-state index is 10.6. The van der Waals surface area contributed by atoms with Crippen molar-refractivity contribution >= 4 is 11.6 Å². The van der Waals surface area contributed by atoms with E-state index in [2.05, 4.69) is 19.1 Å². The first kappa shape index (κ1) is 22.3. The van der Waals surface area contributed by atoms with Gasteiger partial charge in [-0.1, -0.05) is 42.8 Å². The van der Waals surface area contributed by atoms with Crippen LogP contribution in [0.4, 0.5) is 0 Å². The molecule has 0 aromatic heterocycles. The second-order valence-electron chi connectivity index (χ2n) is 7.89. The van der Waals surface area contributed by atoms with Gasteiger partial charge in [0.05, 0.1) is 11.6 Å². The molecule has 168 valence electrons. The van der Waals surface area contributed by atoms with Crippen LogP contribution in [0.15, 0.2) is 30.3 Å². The minimum Gasteiger partial charge on any atom is -0.486 e. The number of aryl methyl sites for hydroxylation is 1. The Kier molecular flexibility index (Phi) is 6.71. The minimum absolute atomic E-state index is 0.297. The number of fused-ring (bicyclic) bond motifs is 1. The first-order chi connectivity index (χ1) is 14.9. The quantitative estimate of drug-likeness (QED) is 0.549. The average Bonchev–Trinajstić information content (AvgIpc) is 2.80. The molecule has 5 atom stereocenters. The third kappa shape index (κ3) is 4.26. The van der Waals surface area contributed by atoms with Crippen LogP contribution in [0.5, 0.6) is 11.5 Å². The standard InChI is InChI=1S/C23H27ClO7/c1-2-12-3-5-13(6-4-12)9-14-10-15(22-23(17(14)24)30-8-7-29-22)21-20(28)19(27)18(26)16(11-25)31-21/h3-6,10,16,18-21,25-28H,2,7-9,11H2,1H3/t16-,18-,19+,20-,21+/m0/s1. The molecule has 31 heavy (non-hydrogen) atoms. The normalized spacial score (nSPS) is 27.9.